The molecule has 2 aromatic carbocycles. The Labute approximate surface area is 170 Å². The Hall–Kier alpha value is -3.12. The van der Waals surface area contributed by atoms with E-state index in [-0.39, 0.29) is 6.03 Å². The number of rotatable bonds is 7. The van der Waals surface area contributed by atoms with Gasteiger partial charge in [-0.05, 0) is 42.7 Å². The fourth-order valence-corrected chi connectivity index (χ4v) is 3.46. The van der Waals surface area contributed by atoms with Crippen molar-refractivity contribution in [3.8, 4) is 11.3 Å². The summed E-state index contributed by atoms with van der Waals surface area (Å²) in [5.41, 5.74) is 5.29. The van der Waals surface area contributed by atoms with Gasteiger partial charge in [0.2, 0.25) is 0 Å². The van der Waals surface area contributed by atoms with Crippen LogP contribution in [-0.4, -0.2) is 30.7 Å². The predicted octanol–water partition coefficient (Wildman–Crippen LogP) is 4.31. The van der Waals surface area contributed by atoms with Crippen molar-refractivity contribution in [3.63, 3.8) is 0 Å². The molecule has 1 aliphatic rings. The molecule has 6 nitrogen and oxygen atoms in total. The third-order valence-corrected chi connectivity index (χ3v) is 5.08. The predicted molar refractivity (Wildman–Crippen MR) is 112 cm³/mol. The third-order valence-electron chi connectivity index (χ3n) is 5.08. The first-order chi connectivity index (χ1) is 14.1. The molecule has 0 unspecified atom stereocenters. The standard InChI is InChI=1S/C23H25N3O3/c1-3-28-15-17-8-7-16(2)19(11-17)13-22-25-14-21(29-22)18-5-4-6-20(12-18)26-10-9-24-23(26)27/h4-8,11-12,14H,3,9-10,13,15H2,1-2H3,(H,24,27). The minimum absolute atomic E-state index is 0.0668. The molecule has 150 valence electrons. The number of hydrogen-bond donors (Lipinski definition) is 1. The number of benzene rings is 2. The molecular weight excluding hydrogens is 366 g/mol. The van der Waals surface area contributed by atoms with E-state index in [1.165, 1.54) is 11.1 Å². The summed E-state index contributed by atoms with van der Waals surface area (Å²) in [7, 11) is 0. The van der Waals surface area contributed by atoms with Gasteiger partial charge in [0.25, 0.3) is 0 Å². The Morgan fingerprint density at radius 3 is 2.93 bits per heavy atom. The van der Waals surface area contributed by atoms with Gasteiger partial charge in [-0.3, -0.25) is 4.90 Å². The van der Waals surface area contributed by atoms with Gasteiger partial charge in [-0.15, -0.1) is 0 Å². The summed E-state index contributed by atoms with van der Waals surface area (Å²) < 4.78 is 11.5. The van der Waals surface area contributed by atoms with E-state index in [0.29, 0.717) is 44.4 Å². The molecule has 1 aliphatic heterocycles. The summed E-state index contributed by atoms with van der Waals surface area (Å²) in [6.07, 6.45) is 2.37. The van der Waals surface area contributed by atoms with Crippen molar-refractivity contribution in [1.29, 1.82) is 0 Å². The van der Waals surface area contributed by atoms with Crippen LogP contribution in [0.15, 0.2) is 53.1 Å². The lowest BCUT2D eigenvalue weighted by Crippen LogP contribution is -2.27. The second kappa shape index (κ2) is 8.49. The number of aryl methyl sites for hydroxylation is 1. The number of urea groups is 1. The molecule has 1 fully saturated rings. The molecule has 2 amide bonds. The van der Waals surface area contributed by atoms with Crippen LogP contribution in [0.3, 0.4) is 0 Å². The maximum atomic E-state index is 11.9. The number of nitrogens with zero attached hydrogens (tertiary/aromatic N) is 2. The van der Waals surface area contributed by atoms with Crippen molar-refractivity contribution in [2.45, 2.75) is 26.9 Å². The number of amides is 2. The van der Waals surface area contributed by atoms with Crippen LogP contribution in [0.4, 0.5) is 10.5 Å². The summed E-state index contributed by atoms with van der Waals surface area (Å²) in [5, 5.41) is 2.82. The highest BCUT2D eigenvalue weighted by Crippen LogP contribution is 2.27. The molecule has 1 aromatic heterocycles. The Bertz CT molecular complexity index is 1010. The number of nitrogens with one attached hydrogen (secondary N) is 1. The van der Waals surface area contributed by atoms with Gasteiger partial charge in [0.05, 0.1) is 12.8 Å². The second-order valence-electron chi connectivity index (χ2n) is 7.13. The van der Waals surface area contributed by atoms with Crippen LogP contribution in [0.25, 0.3) is 11.3 Å². The van der Waals surface area contributed by atoms with E-state index in [1.54, 1.807) is 11.1 Å². The number of oxazole rings is 1. The van der Waals surface area contributed by atoms with Crippen molar-refractivity contribution >= 4 is 11.7 Å². The number of carbonyl (C=O) groups is 1. The summed E-state index contributed by atoms with van der Waals surface area (Å²) in [6, 6.07) is 14.1. The van der Waals surface area contributed by atoms with E-state index in [2.05, 4.69) is 35.4 Å². The summed E-state index contributed by atoms with van der Waals surface area (Å²) in [6.45, 7) is 6.73. The molecule has 3 aromatic rings. The zero-order valence-corrected chi connectivity index (χ0v) is 16.8. The van der Waals surface area contributed by atoms with Crippen LogP contribution in [0, 0.1) is 6.92 Å². The minimum Gasteiger partial charge on any atom is -0.440 e. The maximum Gasteiger partial charge on any atom is 0.321 e. The number of anilines is 1. The van der Waals surface area contributed by atoms with E-state index in [1.807, 2.05) is 31.2 Å². The maximum absolute atomic E-state index is 11.9. The topological polar surface area (TPSA) is 67.6 Å². The van der Waals surface area contributed by atoms with Gasteiger partial charge >= 0.3 is 6.03 Å². The number of hydrogen-bond acceptors (Lipinski definition) is 4. The molecule has 6 heteroatoms. The number of ether oxygens (including phenoxy) is 1. The van der Waals surface area contributed by atoms with Crippen LogP contribution in [-0.2, 0) is 17.8 Å². The van der Waals surface area contributed by atoms with Crippen LogP contribution < -0.4 is 10.2 Å². The zero-order chi connectivity index (χ0) is 20.2. The number of carbonyl (C=O) groups excluding carboxylic acids is 1. The first kappa shape index (κ1) is 19.2. The SMILES string of the molecule is CCOCc1ccc(C)c(Cc2ncc(-c3cccc(N4CCNC4=O)c3)o2)c1. The normalized spacial score (nSPS) is 13.7. The highest BCUT2D eigenvalue weighted by Gasteiger charge is 2.21. The van der Waals surface area contributed by atoms with Crippen molar-refractivity contribution < 1.29 is 13.9 Å². The largest absolute Gasteiger partial charge is 0.440 e. The molecule has 2 heterocycles. The zero-order valence-electron chi connectivity index (χ0n) is 16.8. The van der Waals surface area contributed by atoms with Gasteiger partial charge in [0.15, 0.2) is 11.7 Å². The molecule has 0 spiro atoms. The average molecular weight is 391 g/mol. The molecule has 0 atom stereocenters. The fraction of sp³-hybridized carbons (Fsp3) is 0.304. The van der Waals surface area contributed by atoms with E-state index in [0.717, 1.165) is 16.8 Å². The third kappa shape index (κ3) is 4.32. The lowest BCUT2D eigenvalue weighted by Gasteiger charge is -2.14. The Kier molecular flexibility index (Phi) is 5.62. The summed E-state index contributed by atoms with van der Waals surface area (Å²) in [4.78, 5) is 18.1. The first-order valence-electron chi connectivity index (χ1n) is 9.90. The molecule has 29 heavy (non-hydrogen) atoms. The average Bonchev–Trinajstić information content (AvgIpc) is 3.38. The number of aromatic nitrogens is 1. The van der Waals surface area contributed by atoms with Crippen molar-refractivity contribution in [1.82, 2.24) is 10.3 Å². The quantitative estimate of drug-likeness (QED) is 0.652. The van der Waals surface area contributed by atoms with Gasteiger partial charge in [0, 0.05) is 37.4 Å². The van der Waals surface area contributed by atoms with Crippen LogP contribution in [0.1, 0.15) is 29.5 Å². The summed E-state index contributed by atoms with van der Waals surface area (Å²) in [5.74, 6) is 1.37. The van der Waals surface area contributed by atoms with E-state index in [9.17, 15) is 4.79 Å². The molecular formula is C23H25N3O3. The Morgan fingerprint density at radius 1 is 1.24 bits per heavy atom. The molecule has 1 saturated heterocycles. The van der Waals surface area contributed by atoms with E-state index < -0.39 is 0 Å². The monoisotopic (exact) mass is 391 g/mol. The molecule has 0 saturated carbocycles. The first-order valence-corrected chi connectivity index (χ1v) is 9.90. The summed E-state index contributed by atoms with van der Waals surface area (Å²) >= 11 is 0. The van der Waals surface area contributed by atoms with Crippen molar-refractivity contribution in [2.75, 3.05) is 24.6 Å². The van der Waals surface area contributed by atoms with E-state index in [4.69, 9.17) is 9.15 Å². The van der Waals surface area contributed by atoms with Gasteiger partial charge in [0.1, 0.15) is 0 Å². The molecule has 4 rings (SSSR count). The molecule has 0 radical (unpaired) electrons. The van der Waals surface area contributed by atoms with Gasteiger partial charge in [-0.1, -0.05) is 30.3 Å². The minimum atomic E-state index is -0.0668. The van der Waals surface area contributed by atoms with Gasteiger partial charge < -0.3 is 14.5 Å². The fourth-order valence-electron chi connectivity index (χ4n) is 3.46. The van der Waals surface area contributed by atoms with Crippen LogP contribution >= 0.6 is 0 Å². The molecule has 1 N–H and O–H groups in total. The van der Waals surface area contributed by atoms with Crippen LogP contribution in [0.2, 0.25) is 0 Å². The smallest absolute Gasteiger partial charge is 0.321 e. The lowest BCUT2D eigenvalue weighted by atomic mass is 10.0. The highest BCUT2D eigenvalue weighted by molar-refractivity contribution is 5.94. The second-order valence-corrected chi connectivity index (χ2v) is 7.13. The van der Waals surface area contributed by atoms with Crippen molar-refractivity contribution in [3.05, 3.63) is 71.2 Å². The lowest BCUT2D eigenvalue weighted by molar-refractivity contribution is 0.134. The highest BCUT2D eigenvalue weighted by atomic mass is 16.5. The Morgan fingerprint density at radius 2 is 2.14 bits per heavy atom. The van der Waals surface area contributed by atoms with E-state index >= 15 is 0 Å². The van der Waals surface area contributed by atoms with Crippen molar-refractivity contribution in [2.24, 2.45) is 0 Å². The van der Waals surface area contributed by atoms with Gasteiger partial charge in [-0.25, -0.2) is 9.78 Å². The molecule has 0 aliphatic carbocycles. The van der Waals surface area contributed by atoms with Crippen LogP contribution in [0.5, 0.6) is 0 Å². The van der Waals surface area contributed by atoms with Gasteiger partial charge in [-0.2, -0.15) is 0 Å². The Balaban J connectivity index is 1.53. The molecule has 0 bridgehead atoms.